The Morgan fingerprint density at radius 1 is 1.03 bits per heavy atom. The van der Waals surface area contributed by atoms with Gasteiger partial charge in [-0.3, -0.25) is 9.58 Å². The molecular weight excluding hydrogens is 507 g/mol. The lowest BCUT2D eigenvalue weighted by Gasteiger charge is -2.42. The van der Waals surface area contributed by atoms with Crippen molar-refractivity contribution in [3.8, 4) is 17.1 Å². The number of ether oxygens (including phenoxy) is 1. The van der Waals surface area contributed by atoms with E-state index in [0.29, 0.717) is 36.1 Å². The van der Waals surface area contributed by atoms with Gasteiger partial charge in [-0.15, -0.1) is 0 Å². The molecule has 206 valence electrons. The van der Waals surface area contributed by atoms with E-state index in [1.165, 1.54) is 15.8 Å². The van der Waals surface area contributed by atoms with Crippen LogP contribution >= 0.6 is 0 Å². The first-order valence-electron chi connectivity index (χ1n) is 13.8. The summed E-state index contributed by atoms with van der Waals surface area (Å²) >= 11 is 0. The monoisotopic (exact) mass is 539 g/mol. The largest absolute Gasteiger partial charge is 0.480 e. The molecule has 1 saturated carbocycles. The number of halogens is 3. The highest BCUT2D eigenvalue weighted by molar-refractivity contribution is 5.73. The zero-order valence-corrected chi connectivity index (χ0v) is 22.4. The molecule has 2 bridgehead atoms. The number of methoxy groups -OCH3 is 1. The summed E-state index contributed by atoms with van der Waals surface area (Å²) in [5, 5.41) is 5.04. The van der Waals surface area contributed by atoms with E-state index in [1.54, 1.807) is 20.5 Å². The summed E-state index contributed by atoms with van der Waals surface area (Å²) in [7, 11) is 5.32. The van der Waals surface area contributed by atoms with Crippen LogP contribution in [0.2, 0.25) is 0 Å². The minimum absolute atomic E-state index is 0.240. The van der Waals surface area contributed by atoms with Crippen LogP contribution in [0, 0.1) is 0 Å². The summed E-state index contributed by atoms with van der Waals surface area (Å²) in [4.78, 5) is 15.7. The number of allylic oxidation sites excluding steroid dienone is 1. The summed E-state index contributed by atoms with van der Waals surface area (Å²) in [5.74, 6) is 1.43. The van der Waals surface area contributed by atoms with Gasteiger partial charge in [-0.25, -0.2) is 15.0 Å². The minimum Gasteiger partial charge on any atom is -0.480 e. The van der Waals surface area contributed by atoms with Crippen molar-refractivity contribution in [2.24, 2.45) is 14.1 Å². The van der Waals surface area contributed by atoms with E-state index in [-0.39, 0.29) is 6.04 Å². The van der Waals surface area contributed by atoms with Crippen LogP contribution < -0.4 is 4.74 Å². The molecule has 2 fully saturated rings. The summed E-state index contributed by atoms with van der Waals surface area (Å²) in [5.41, 5.74) is 5.54. The summed E-state index contributed by atoms with van der Waals surface area (Å²) < 4.78 is 48.9. The van der Waals surface area contributed by atoms with Crippen molar-refractivity contribution in [1.82, 2.24) is 34.2 Å². The molecule has 3 aromatic rings. The fourth-order valence-corrected chi connectivity index (χ4v) is 7.15. The van der Waals surface area contributed by atoms with Gasteiger partial charge >= 0.3 is 6.18 Å². The molecule has 39 heavy (non-hydrogen) atoms. The van der Waals surface area contributed by atoms with Gasteiger partial charge in [0.25, 0.3) is 0 Å². The summed E-state index contributed by atoms with van der Waals surface area (Å²) in [6.45, 7) is 0. The maximum absolute atomic E-state index is 13.2. The van der Waals surface area contributed by atoms with Crippen LogP contribution in [0.5, 0.6) is 5.88 Å². The van der Waals surface area contributed by atoms with Gasteiger partial charge in [0, 0.05) is 62.0 Å². The van der Waals surface area contributed by atoms with Crippen molar-refractivity contribution in [2.75, 3.05) is 7.11 Å². The Morgan fingerprint density at radius 2 is 1.85 bits per heavy atom. The molecule has 7 rings (SSSR count). The molecule has 2 aliphatic carbocycles. The molecule has 0 N–H and O–H groups in total. The highest BCUT2D eigenvalue weighted by atomic mass is 19.4. The third-order valence-electron chi connectivity index (χ3n) is 9.02. The Morgan fingerprint density at radius 3 is 2.51 bits per heavy atom. The number of imidazole rings is 1. The normalized spacial score (nSPS) is 25.1. The summed E-state index contributed by atoms with van der Waals surface area (Å²) in [6.07, 6.45) is 8.10. The van der Waals surface area contributed by atoms with Crippen molar-refractivity contribution in [3.05, 3.63) is 47.1 Å². The lowest BCUT2D eigenvalue weighted by atomic mass is 9.88. The van der Waals surface area contributed by atoms with E-state index in [4.69, 9.17) is 9.84 Å². The molecule has 0 aromatic carbocycles. The molecular formula is C28H32F3N7O. The van der Waals surface area contributed by atoms with E-state index < -0.39 is 11.9 Å². The second-order valence-electron chi connectivity index (χ2n) is 11.4. The molecule has 0 spiro atoms. The van der Waals surface area contributed by atoms with Gasteiger partial charge in [0.15, 0.2) is 5.69 Å². The standard InChI is InChI=1S/C28H32F3N7O/c1-36-13-21(28(29,30)31)34-26(36)16-6-8-17(9-7-16)38-18-10-11-19(38)22-20(12-18)37(2)35-25(22)23-24(15-4-5-15)32-14-33-27(23)39-3/h6,13-15,17-19H,4-5,7-12H2,1-3H3. The van der Waals surface area contributed by atoms with Crippen LogP contribution in [-0.4, -0.2) is 53.4 Å². The Kier molecular flexibility index (Phi) is 5.66. The van der Waals surface area contributed by atoms with Crippen LogP contribution in [0.1, 0.15) is 85.4 Å². The number of nitrogens with zero attached hydrogens (tertiary/aromatic N) is 7. The topological polar surface area (TPSA) is 73.9 Å². The van der Waals surface area contributed by atoms with E-state index >= 15 is 0 Å². The Hall–Kier alpha value is -3.21. The smallest absolute Gasteiger partial charge is 0.434 e. The van der Waals surface area contributed by atoms with Crippen LogP contribution in [-0.2, 0) is 26.7 Å². The van der Waals surface area contributed by atoms with Gasteiger partial charge in [-0.1, -0.05) is 6.08 Å². The van der Waals surface area contributed by atoms with E-state index in [2.05, 4.69) is 25.9 Å². The maximum atomic E-state index is 13.2. The van der Waals surface area contributed by atoms with E-state index in [1.807, 2.05) is 11.7 Å². The lowest BCUT2D eigenvalue weighted by Crippen LogP contribution is -2.45. The molecule has 4 aliphatic rings. The predicted octanol–water partition coefficient (Wildman–Crippen LogP) is 5.21. The van der Waals surface area contributed by atoms with Gasteiger partial charge in [0.1, 0.15) is 17.8 Å². The Bertz CT molecular complexity index is 1470. The van der Waals surface area contributed by atoms with Crippen LogP contribution in [0.25, 0.3) is 16.8 Å². The van der Waals surface area contributed by atoms with Crippen LogP contribution in [0.15, 0.2) is 18.6 Å². The van der Waals surface area contributed by atoms with Crippen molar-refractivity contribution < 1.29 is 17.9 Å². The first kappa shape index (κ1) is 24.8. The number of fused-ring (bicyclic) bond motifs is 4. The van der Waals surface area contributed by atoms with Gasteiger partial charge in [-0.05, 0) is 50.5 Å². The molecule has 11 heteroatoms. The van der Waals surface area contributed by atoms with Gasteiger partial charge in [0.05, 0.1) is 18.4 Å². The first-order valence-corrected chi connectivity index (χ1v) is 13.8. The van der Waals surface area contributed by atoms with Crippen molar-refractivity contribution in [1.29, 1.82) is 0 Å². The average Bonchev–Trinajstić information content (AvgIpc) is 3.52. The number of rotatable bonds is 5. The van der Waals surface area contributed by atoms with E-state index in [9.17, 15) is 13.2 Å². The lowest BCUT2D eigenvalue weighted by molar-refractivity contribution is -0.141. The van der Waals surface area contributed by atoms with Gasteiger partial charge < -0.3 is 9.30 Å². The van der Waals surface area contributed by atoms with Crippen LogP contribution in [0.4, 0.5) is 13.2 Å². The molecule has 5 heterocycles. The van der Waals surface area contributed by atoms with Gasteiger partial charge in [-0.2, -0.15) is 18.3 Å². The Balaban J connectivity index is 1.22. The average molecular weight is 540 g/mol. The third-order valence-corrected chi connectivity index (χ3v) is 9.02. The minimum atomic E-state index is -4.44. The van der Waals surface area contributed by atoms with Gasteiger partial charge in [0.2, 0.25) is 5.88 Å². The molecule has 1 saturated heterocycles. The second-order valence-corrected chi connectivity index (χ2v) is 11.4. The van der Waals surface area contributed by atoms with Crippen molar-refractivity contribution in [3.63, 3.8) is 0 Å². The first-order chi connectivity index (χ1) is 18.7. The zero-order chi connectivity index (χ0) is 27.1. The number of hydrogen-bond donors (Lipinski definition) is 0. The fourth-order valence-electron chi connectivity index (χ4n) is 7.15. The van der Waals surface area contributed by atoms with Crippen LogP contribution in [0.3, 0.4) is 0 Å². The predicted molar refractivity (Wildman–Crippen MR) is 138 cm³/mol. The molecule has 3 atom stereocenters. The number of hydrogen-bond acceptors (Lipinski definition) is 6. The zero-order valence-electron chi connectivity index (χ0n) is 22.4. The second kappa shape index (κ2) is 8.90. The third kappa shape index (κ3) is 3.99. The fraction of sp³-hybridized carbons (Fsp3) is 0.571. The summed E-state index contributed by atoms with van der Waals surface area (Å²) in [6, 6.07) is 1.00. The molecule has 8 nitrogen and oxygen atoms in total. The molecule has 0 radical (unpaired) electrons. The van der Waals surface area contributed by atoms with Crippen molar-refractivity contribution in [2.45, 2.75) is 81.6 Å². The highest BCUT2D eigenvalue weighted by Crippen LogP contribution is 2.53. The SMILES string of the molecule is COc1ncnc(C2CC2)c1-c1nn(C)c2c1C1CCC(C2)N1C1CC=C(c2nc(C(F)(F)F)cn2C)CC1. The molecule has 0 amide bonds. The van der Waals surface area contributed by atoms with E-state index in [0.717, 1.165) is 73.7 Å². The highest BCUT2D eigenvalue weighted by Gasteiger charge is 2.47. The maximum Gasteiger partial charge on any atom is 0.434 e. The molecule has 2 aliphatic heterocycles. The number of alkyl halides is 3. The molecule has 3 aromatic heterocycles. The number of aromatic nitrogens is 6. The van der Waals surface area contributed by atoms with Crippen molar-refractivity contribution >= 4 is 5.57 Å². The quantitative estimate of drug-likeness (QED) is 0.443. The number of aryl methyl sites for hydroxylation is 2. The Labute approximate surface area is 224 Å². The molecule has 3 unspecified atom stereocenters.